The van der Waals surface area contributed by atoms with Gasteiger partial charge in [0, 0.05) is 21.8 Å². The normalized spacial score (nSPS) is 12.3. The van der Waals surface area contributed by atoms with Crippen LogP contribution in [0.3, 0.4) is 0 Å². The quantitative estimate of drug-likeness (QED) is 0.194. The number of thiophene rings is 1. The van der Waals surface area contributed by atoms with Gasteiger partial charge in [-0.05, 0) is 60.3 Å². The summed E-state index contributed by atoms with van der Waals surface area (Å²) in [5.41, 5.74) is 7.02. The highest BCUT2D eigenvalue weighted by Crippen LogP contribution is 2.37. The Bertz CT molecular complexity index is 1500. The van der Waals surface area contributed by atoms with Crippen molar-refractivity contribution in [2.24, 2.45) is 5.73 Å². The Hall–Kier alpha value is -4.23. The van der Waals surface area contributed by atoms with Gasteiger partial charge in [-0.3, -0.25) is 9.59 Å². The van der Waals surface area contributed by atoms with E-state index >= 15 is 0 Å². The molecule has 4 aromatic rings. The summed E-state index contributed by atoms with van der Waals surface area (Å²) in [6.45, 7) is 1.53. The summed E-state index contributed by atoms with van der Waals surface area (Å²) in [5, 5.41) is 28.4. The smallest absolute Gasteiger partial charge is 0.266 e. The fourth-order valence-corrected chi connectivity index (χ4v) is 4.30. The molecule has 0 saturated heterocycles. The van der Waals surface area contributed by atoms with Gasteiger partial charge in [-0.25, -0.2) is 4.98 Å². The molecular weight excluding hydrogens is 498 g/mol. The van der Waals surface area contributed by atoms with E-state index in [-0.39, 0.29) is 17.1 Å². The molecule has 1 atom stereocenters. The maximum atomic E-state index is 12.8. The number of nitrogens with zero attached hydrogens (tertiary/aromatic N) is 2. The highest BCUT2D eigenvalue weighted by molar-refractivity contribution is 7.12. The minimum atomic E-state index is -1.30. The summed E-state index contributed by atoms with van der Waals surface area (Å²) >= 11 is 7.25. The molecule has 180 valence electrons. The maximum Gasteiger partial charge on any atom is 0.266 e. The van der Waals surface area contributed by atoms with E-state index in [9.17, 15) is 20.0 Å². The van der Waals surface area contributed by atoms with Crippen LogP contribution >= 0.6 is 22.9 Å². The number of hydrogen-bond acceptors (Lipinski definition) is 8. The number of amides is 1. The van der Waals surface area contributed by atoms with E-state index < -0.39 is 11.6 Å². The van der Waals surface area contributed by atoms with Gasteiger partial charge in [0.05, 0.1) is 10.6 Å². The van der Waals surface area contributed by atoms with Crippen molar-refractivity contribution >= 4 is 46.6 Å². The second-order valence-electron chi connectivity index (χ2n) is 8.09. The number of carbonyl (C=O) groups is 2. The molecule has 0 bridgehead atoms. The van der Waals surface area contributed by atoms with Crippen molar-refractivity contribution in [2.75, 3.05) is 10.6 Å². The van der Waals surface area contributed by atoms with E-state index in [1.807, 2.05) is 0 Å². The van der Waals surface area contributed by atoms with Crippen LogP contribution in [0.15, 0.2) is 66.0 Å². The van der Waals surface area contributed by atoms with Crippen LogP contribution in [0.5, 0.6) is 5.75 Å². The van der Waals surface area contributed by atoms with E-state index in [0.29, 0.717) is 44.3 Å². The molecule has 10 heteroatoms. The van der Waals surface area contributed by atoms with Crippen molar-refractivity contribution in [3.63, 3.8) is 0 Å². The second kappa shape index (κ2) is 10.2. The molecule has 0 radical (unpaired) electrons. The summed E-state index contributed by atoms with van der Waals surface area (Å²) in [4.78, 5) is 29.0. The van der Waals surface area contributed by atoms with Crippen LogP contribution in [0.25, 0.3) is 22.4 Å². The number of carbonyl (C=O) groups excluding carboxylic acids is 2. The minimum Gasteiger partial charge on any atom is -0.507 e. The molecule has 0 aliphatic carbocycles. The first-order chi connectivity index (χ1) is 17.2. The maximum absolute atomic E-state index is 12.8. The number of rotatable bonds is 7. The van der Waals surface area contributed by atoms with Gasteiger partial charge in [-0.2, -0.15) is 5.26 Å². The molecule has 8 nitrogen and oxygen atoms in total. The molecule has 0 aliphatic rings. The fraction of sp³-hybridized carbons (Fsp3) is 0.0769. The first kappa shape index (κ1) is 24.9. The molecule has 2 aromatic carbocycles. The van der Waals surface area contributed by atoms with E-state index in [2.05, 4.69) is 21.7 Å². The number of pyridine rings is 1. The number of aromatic nitrogens is 1. The van der Waals surface area contributed by atoms with Crippen molar-refractivity contribution in [2.45, 2.75) is 12.6 Å². The van der Waals surface area contributed by atoms with Gasteiger partial charge in [0.1, 0.15) is 23.0 Å². The monoisotopic (exact) mass is 517 g/mol. The number of anilines is 2. The lowest BCUT2D eigenvalue weighted by Gasteiger charge is -2.21. The van der Waals surface area contributed by atoms with Crippen molar-refractivity contribution in [1.29, 1.82) is 5.26 Å². The first-order valence-electron chi connectivity index (χ1n) is 10.6. The van der Waals surface area contributed by atoms with Gasteiger partial charge in [0.2, 0.25) is 0 Å². The zero-order valence-corrected chi connectivity index (χ0v) is 20.5. The standard InChI is InChI=1S/C26H20ClN5O3S/c1-26(29,14-33)32-17-5-2-4-15(10-17)19-12-21(18-8-7-16(27)11-22(18)34)30-24(20(19)13-28)31-25(35)23-6-3-9-36-23/h2-12,14,32,34H,29H2,1H3,(H,30,31,35)/t26-/m0/s1. The third kappa shape index (κ3) is 5.37. The second-order valence-corrected chi connectivity index (χ2v) is 9.47. The fourth-order valence-electron chi connectivity index (χ4n) is 3.52. The Morgan fingerprint density at radius 2 is 2.00 bits per heavy atom. The molecule has 0 aliphatic heterocycles. The third-order valence-electron chi connectivity index (χ3n) is 5.18. The summed E-state index contributed by atoms with van der Waals surface area (Å²) in [6.07, 6.45) is 0.590. The topological polar surface area (TPSA) is 141 Å². The molecule has 0 unspecified atom stereocenters. The van der Waals surface area contributed by atoms with E-state index in [0.717, 1.165) is 0 Å². The third-order valence-corrected chi connectivity index (χ3v) is 6.28. The van der Waals surface area contributed by atoms with Gasteiger partial charge < -0.3 is 21.5 Å². The Kier molecular flexibility index (Phi) is 7.03. The van der Waals surface area contributed by atoms with Gasteiger partial charge in [0.25, 0.3) is 5.91 Å². The molecule has 5 N–H and O–H groups in total. The summed E-state index contributed by atoms with van der Waals surface area (Å²) in [6, 6.07) is 18.7. The van der Waals surface area contributed by atoms with Gasteiger partial charge in [0.15, 0.2) is 12.1 Å². The molecule has 36 heavy (non-hydrogen) atoms. The highest BCUT2D eigenvalue weighted by Gasteiger charge is 2.21. The lowest BCUT2D eigenvalue weighted by atomic mass is 9.97. The van der Waals surface area contributed by atoms with E-state index in [1.165, 1.54) is 24.3 Å². The van der Waals surface area contributed by atoms with E-state index in [4.69, 9.17) is 17.3 Å². The van der Waals surface area contributed by atoms with Crippen molar-refractivity contribution in [3.05, 3.63) is 81.5 Å². The number of phenols is 1. The molecule has 4 rings (SSSR count). The number of phenolic OH excluding ortho intramolecular Hbond substituents is 1. The van der Waals surface area contributed by atoms with Gasteiger partial charge >= 0.3 is 0 Å². The Labute approximate surface area is 216 Å². The van der Waals surface area contributed by atoms with Crippen LogP contribution in [-0.2, 0) is 4.79 Å². The number of nitrogens with two attached hydrogens (primary N) is 1. The number of aldehydes is 1. The number of halogens is 1. The zero-order chi connectivity index (χ0) is 25.9. The van der Waals surface area contributed by atoms with E-state index in [1.54, 1.807) is 60.0 Å². The van der Waals surface area contributed by atoms with Crippen LogP contribution in [0, 0.1) is 11.3 Å². The first-order valence-corrected chi connectivity index (χ1v) is 11.9. The lowest BCUT2D eigenvalue weighted by molar-refractivity contribution is -0.110. The number of nitriles is 1. The average molecular weight is 518 g/mol. The van der Waals surface area contributed by atoms with Gasteiger partial charge in [-0.15, -0.1) is 11.3 Å². The van der Waals surface area contributed by atoms with Crippen LogP contribution < -0.4 is 16.4 Å². The Balaban J connectivity index is 1.89. The minimum absolute atomic E-state index is 0.0349. The molecule has 1 amide bonds. The largest absolute Gasteiger partial charge is 0.507 e. The van der Waals surface area contributed by atoms with Crippen molar-refractivity contribution in [3.8, 4) is 34.2 Å². The van der Waals surface area contributed by atoms with Crippen LogP contribution in [0.2, 0.25) is 5.02 Å². The number of nitrogens with one attached hydrogen (secondary N) is 2. The average Bonchev–Trinajstić information content (AvgIpc) is 3.39. The lowest BCUT2D eigenvalue weighted by Crippen LogP contribution is -2.46. The number of benzene rings is 2. The predicted molar refractivity (Wildman–Crippen MR) is 141 cm³/mol. The highest BCUT2D eigenvalue weighted by atomic mass is 35.5. The molecule has 2 aromatic heterocycles. The predicted octanol–water partition coefficient (Wildman–Crippen LogP) is 5.25. The Morgan fingerprint density at radius 3 is 2.67 bits per heavy atom. The van der Waals surface area contributed by atoms with Crippen molar-refractivity contribution < 1.29 is 14.7 Å². The van der Waals surface area contributed by atoms with Crippen LogP contribution in [-0.4, -0.2) is 27.9 Å². The summed E-state index contributed by atoms with van der Waals surface area (Å²) in [7, 11) is 0. The molecule has 0 spiro atoms. The van der Waals surface area contributed by atoms with Crippen LogP contribution in [0.1, 0.15) is 22.2 Å². The molecular formula is C26H20ClN5O3S. The zero-order valence-electron chi connectivity index (χ0n) is 18.9. The molecule has 2 heterocycles. The number of hydrogen-bond donors (Lipinski definition) is 4. The summed E-state index contributed by atoms with van der Waals surface area (Å²) in [5.74, 6) is -0.494. The van der Waals surface area contributed by atoms with Crippen LogP contribution in [0.4, 0.5) is 11.5 Å². The van der Waals surface area contributed by atoms with Crippen molar-refractivity contribution in [1.82, 2.24) is 4.98 Å². The SMILES string of the molecule is C[C@@](N)(C=O)Nc1cccc(-c2cc(-c3ccc(Cl)cc3O)nc(NC(=O)c3cccs3)c2C#N)c1. The molecule has 0 saturated carbocycles. The van der Waals surface area contributed by atoms with Gasteiger partial charge in [-0.1, -0.05) is 29.8 Å². The Morgan fingerprint density at radius 1 is 1.19 bits per heavy atom. The number of aromatic hydroxyl groups is 1. The summed E-state index contributed by atoms with van der Waals surface area (Å²) < 4.78 is 0. The molecule has 0 fully saturated rings.